The number of nitrogens with one attached hydrogen (secondary N) is 1. The third-order valence-electron chi connectivity index (χ3n) is 1.79. The van der Waals surface area contributed by atoms with Crippen LogP contribution in [-0.4, -0.2) is 12.3 Å². The maximum Gasteiger partial charge on any atom is 0.252 e. The number of nitrogens with two attached hydrogens (primary N) is 1. The number of rotatable bonds is 2. The van der Waals surface area contributed by atoms with E-state index >= 15 is 0 Å². The normalized spacial score (nSPS) is 20.8. The molecule has 0 atom stereocenters. The Balaban J connectivity index is 2.60. The third kappa shape index (κ3) is 0.862. The Morgan fingerprint density at radius 1 is 1.60 bits per heavy atom. The van der Waals surface area contributed by atoms with Gasteiger partial charge in [0, 0.05) is 0 Å². The number of amides is 1. The van der Waals surface area contributed by atoms with Gasteiger partial charge in [0.15, 0.2) is 0 Å². The van der Waals surface area contributed by atoms with Gasteiger partial charge in [-0.25, -0.2) is 14.6 Å². The lowest BCUT2D eigenvalue weighted by Crippen LogP contribution is -2.40. The Morgan fingerprint density at radius 2 is 2.10 bits per heavy atom. The predicted octanol–water partition coefficient (Wildman–Crippen LogP) is 0.0216. The first-order valence-corrected chi connectivity index (χ1v) is 2.93. The van der Waals surface area contributed by atoms with Gasteiger partial charge in [0.1, 0.15) is 5.41 Å². The van der Waals surface area contributed by atoms with E-state index in [0.717, 1.165) is 0 Å². The second kappa shape index (κ2) is 2.16. The van der Waals surface area contributed by atoms with Crippen molar-refractivity contribution in [3.8, 4) is 0 Å². The molecule has 1 aliphatic rings. The summed E-state index contributed by atoms with van der Waals surface area (Å²) in [6.45, 7) is 0. The minimum Gasteiger partial charge on any atom is -0.294 e. The smallest absolute Gasteiger partial charge is 0.252 e. The minimum atomic E-state index is -2.59. The number of hydrogen-bond acceptors (Lipinski definition) is 2. The van der Waals surface area contributed by atoms with Crippen LogP contribution in [0.5, 0.6) is 0 Å². The van der Waals surface area contributed by atoms with Crippen LogP contribution < -0.4 is 11.3 Å². The number of hydrazine groups is 1. The number of carbonyl (C=O) groups is 1. The highest BCUT2D eigenvalue weighted by atomic mass is 19.3. The van der Waals surface area contributed by atoms with E-state index in [1.54, 1.807) is 5.43 Å². The number of carbonyl (C=O) groups excluding carboxylic acids is 1. The van der Waals surface area contributed by atoms with Crippen molar-refractivity contribution in [3.05, 3.63) is 0 Å². The van der Waals surface area contributed by atoms with Gasteiger partial charge in [-0.1, -0.05) is 0 Å². The molecule has 3 N–H and O–H groups in total. The monoisotopic (exact) mass is 150 g/mol. The molecule has 0 unspecified atom stereocenters. The molecule has 0 saturated heterocycles. The van der Waals surface area contributed by atoms with Gasteiger partial charge in [-0.05, 0) is 12.8 Å². The van der Waals surface area contributed by atoms with Crippen LogP contribution in [-0.2, 0) is 4.79 Å². The predicted molar refractivity (Wildman–Crippen MR) is 30.0 cm³/mol. The van der Waals surface area contributed by atoms with Crippen molar-refractivity contribution >= 4 is 5.91 Å². The van der Waals surface area contributed by atoms with Gasteiger partial charge in [-0.2, -0.15) is 0 Å². The molecule has 1 aliphatic carbocycles. The molecule has 0 spiro atoms. The van der Waals surface area contributed by atoms with Crippen molar-refractivity contribution < 1.29 is 13.6 Å². The molecule has 1 fully saturated rings. The fourth-order valence-electron chi connectivity index (χ4n) is 0.823. The molecule has 1 rings (SSSR count). The molecule has 0 aromatic rings. The van der Waals surface area contributed by atoms with Crippen LogP contribution in [0.4, 0.5) is 8.78 Å². The van der Waals surface area contributed by atoms with Crippen LogP contribution in [0.15, 0.2) is 0 Å². The fourth-order valence-corrected chi connectivity index (χ4v) is 0.823. The Bertz CT molecular complexity index is 156. The molecule has 1 amide bonds. The Morgan fingerprint density at radius 3 is 2.20 bits per heavy atom. The zero-order chi connectivity index (χ0) is 7.78. The van der Waals surface area contributed by atoms with E-state index < -0.39 is 17.7 Å². The molecule has 0 bridgehead atoms. The van der Waals surface area contributed by atoms with Crippen LogP contribution in [0, 0.1) is 5.41 Å². The zero-order valence-electron chi connectivity index (χ0n) is 5.23. The molecule has 0 aromatic heterocycles. The second-order valence-electron chi connectivity index (χ2n) is 2.43. The van der Waals surface area contributed by atoms with Crippen LogP contribution in [0.3, 0.4) is 0 Å². The maximum atomic E-state index is 12.0. The van der Waals surface area contributed by atoms with Gasteiger partial charge in [0.25, 0.3) is 6.43 Å². The number of hydrogen-bond donors (Lipinski definition) is 2. The van der Waals surface area contributed by atoms with E-state index in [1.165, 1.54) is 0 Å². The highest BCUT2D eigenvalue weighted by molar-refractivity contribution is 5.85. The molecule has 0 aromatic carbocycles. The van der Waals surface area contributed by atoms with Gasteiger partial charge >= 0.3 is 0 Å². The van der Waals surface area contributed by atoms with E-state index in [9.17, 15) is 13.6 Å². The zero-order valence-corrected chi connectivity index (χ0v) is 5.23. The highest BCUT2D eigenvalue weighted by Crippen LogP contribution is 2.50. The van der Waals surface area contributed by atoms with Gasteiger partial charge in [0.2, 0.25) is 5.91 Å². The standard InChI is InChI=1S/C5H8F2N2O/c6-3(7)5(1-2-5)4(10)9-8/h3H,1-2,8H2,(H,9,10). The van der Waals surface area contributed by atoms with Crippen molar-refractivity contribution in [1.29, 1.82) is 0 Å². The van der Waals surface area contributed by atoms with E-state index in [4.69, 9.17) is 5.84 Å². The summed E-state index contributed by atoms with van der Waals surface area (Å²) >= 11 is 0. The maximum absolute atomic E-state index is 12.0. The van der Waals surface area contributed by atoms with Gasteiger partial charge < -0.3 is 0 Å². The SMILES string of the molecule is NNC(=O)C1(C(F)F)CC1. The largest absolute Gasteiger partial charge is 0.294 e. The summed E-state index contributed by atoms with van der Waals surface area (Å²) in [4.78, 5) is 10.6. The molecule has 3 nitrogen and oxygen atoms in total. The summed E-state index contributed by atoms with van der Waals surface area (Å²) in [5.41, 5.74) is 0.280. The highest BCUT2D eigenvalue weighted by Gasteiger charge is 2.57. The topological polar surface area (TPSA) is 55.1 Å². The average Bonchev–Trinajstić information content (AvgIpc) is 2.65. The first kappa shape index (κ1) is 7.40. The fraction of sp³-hybridized carbons (Fsp3) is 0.800. The van der Waals surface area contributed by atoms with Gasteiger partial charge in [-0.15, -0.1) is 0 Å². The minimum absolute atomic E-state index is 0.244. The number of alkyl halides is 2. The molecular weight excluding hydrogens is 142 g/mol. The van der Waals surface area contributed by atoms with Crippen LogP contribution in [0.25, 0.3) is 0 Å². The summed E-state index contributed by atoms with van der Waals surface area (Å²) < 4.78 is 24.0. The van der Waals surface area contributed by atoms with Gasteiger partial charge in [0.05, 0.1) is 0 Å². The first-order chi connectivity index (χ1) is 4.63. The molecule has 0 radical (unpaired) electrons. The summed E-state index contributed by atoms with van der Waals surface area (Å²) in [6.07, 6.45) is -2.10. The molecule has 5 heteroatoms. The van der Waals surface area contributed by atoms with Crippen molar-refractivity contribution in [2.75, 3.05) is 0 Å². The summed E-state index contributed by atoms with van der Waals surface area (Å²) in [5, 5.41) is 0. The van der Waals surface area contributed by atoms with E-state index in [0.29, 0.717) is 0 Å². The van der Waals surface area contributed by atoms with Crippen LogP contribution >= 0.6 is 0 Å². The van der Waals surface area contributed by atoms with E-state index in [-0.39, 0.29) is 12.8 Å². The van der Waals surface area contributed by atoms with Crippen molar-refractivity contribution in [2.45, 2.75) is 19.3 Å². The molecule has 10 heavy (non-hydrogen) atoms. The number of halogens is 2. The molecular formula is C5H8F2N2O. The lowest BCUT2D eigenvalue weighted by molar-refractivity contribution is -0.132. The van der Waals surface area contributed by atoms with Crippen molar-refractivity contribution in [1.82, 2.24) is 5.43 Å². The van der Waals surface area contributed by atoms with Crippen LogP contribution in [0.2, 0.25) is 0 Å². The lowest BCUT2D eigenvalue weighted by atomic mass is 10.1. The molecule has 58 valence electrons. The van der Waals surface area contributed by atoms with Crippen molar-refractivity contribution in [2.24, 2.45) is 11.3 Å². The molecule has 0 aliphatic heterocycles. The van der Waals surface area contributed by atoms with E-state index in [2.05, 4.69) is 0 Å². The lowest BCUT2D eigenvalue weighted by Gasteiger charge is -2.10. The Kier molecular flexibility index (Phi) is 1.60. The van der Waals surface area contributed by atoms with Crippen LogP contribution in [0.1, 0.15) is 12.8 Å². The van der Waals surface area contributed by atoms with E-state index in [1.807, 2.05) is 0 Å². The van der Waals surface area contributed by atoms with Gasteiger partial charge in [-0.3, -0.25) is 10.2 Å². The average molecular weight is 150 g/mol. The quantitative estimate of drug-likeness (QED) is 0.331. The second-order valence-corrected chi connectivity index (χ2v) is 2.43. The summed E-state index contributed by atoms with van der Waals surface area (Å²) in [7, 11) is 0. The Labute approximate surface area is 56.5 Å². The molecule has 0 heterocycles. The Hall–Kier alpha value is -0.710. The third-order valence-corrected chi connectivity index (χ3v) is 1.79. The summed E-state index contributed by atoms with van der Waals surface area (Å²) in [5.74, 6) is 3.96. The van der Waals surface area contributed by atoms with Crippen molar-refractivity contribution in [3.63, 3.8) is 0 Å². The first-order valence-electron chi connectivity index (χ1n) is 2.93. The molecule has 1 saturated carbocycles. The summed E-state index contributed by atoms with van der Waals surface area (Å²) in [6, 6.07) is 0.